The largest absolute Gasteiger partial charge is 0.497 e. The second kappa shape index (κ2) is 7.46. The average molecular weight is 290 g/mol. The smallest absolute Gasteiger partial charge is 0.223 e. The molecule has 1 saturated heterocycles. The number of aryl methyl sites for hydroxylation is 1. The van der Waals surface area contributed by atoms with Gasteiger partial charge in [0.15, 0.2) is 0 Å². The molecule has 1 heterocycles. The van der Waals surface area contributed by atoms with Crippen molar-refractivity contribution in [1.29, 1.82) is 0 Å². The number of amides is 1. The van der Waals surface area contributed by atoms with E-state index in [4.69, 9.17) is 10.5 Å². The van der Waals surface area contributed by atoms with Crippen molar-refractivity contribution in [2.24, 2.45) is 11.7 Å². The van der Waals surface area contributed by atoms with E-state index in [1.165, 1.54) is 5.56 Å². The van der Waals surface area contributed by atoms with Crippen LogP contribution in [0.5, 0.6) is 5.75 Å². The van der Waals surface area contributed by atoms with Gasteiger partial charge in [0.2, 0.25) is 5.91 Å². The van der Waals surface area contributed by atoms with Gasteiger partial charge in [0.05, 0.1) is 7.11 Å². The van der Waals surface area contributed by atoms with Crippen LogP contribution in [-0.4, -0.2) is 37.0 Å². The maximum Gasteiger partial charge on any atom is 0.223 e. The number of likely N-dealkylation sites (tertiary alicyclic amines) is 1. The van der Waals surface area contributed by atoms with E-state index in [1.54, 1.807) is 7.11 Å². The number of benzene rings is 1. The van der Waals surface area contributed by atoms with Gasteiger partial charge in [0.25, 0.3) is 0 Å². The number of hydrogen-bond acceptors (Lipinski definition) is 3. The number of nitrogens with two attached hydrogens (primary N) is 1. The monoisotopic (exact) mass is 290 g/mol. The minimum Gasteiger partial charge on any atom is -0.497 e. The number of carbonyl (C=O) groups is 1. The Bertz CT molecular complexity index is 458. The molecule has 2 rings (SSSR count). The lowest BCUT2D eigenvalue weighted by Crippen LogP contribution is -2.47. The molecule has 21 heavy (non-hydrogen) atoms. The molecule has 0 radical (unpaired) electrons. The lowest BCUT2D eigenvalue weighted by Gasteiger charge is -2.37. The third-order valence-corrected chi connectivity index (χ3v) is 4.42. The summed E-state index contributed by atoms with van der Waals surface area (Å²) in [7, 11) is 1.66. The molecular formula is C17H26N2O2. The minimum absolute atomic E-state index is 0.247. The van der Waals surface area contributed by atoms with E-state index in [0.29, 0.717) is 24.9 Å². The fraction of sp³-hybridized carbons (Fsp3) is 0.588. The second-order valence-electron chi connectivity index (χ2n) is 5.92. The molecule has 1 aliphatic rings. The number of ether oxygens (including phenoxy) is 1. The molecule has 1 fully saturated rings. The standard InChI is InChI=1S/C17H26N2O2/c1-13-3-4-15(11-18)12-19(13)17(20)10-7-14-5-8-16(21-2)9-6-14/h5-6,8-9,13,15H,3-4,7,10-12,18H2,1-2H3. The fourth-order valence-electron chi connectivity index (χ4n) is 2.91. The maximum absolute atomic E-state index is 12.4. The quantitative estimate of drug-likeness (QED) is 0.904. The molecule has 0 aliphatic carbocycles. The average Bonchev–Trinajstić information content (AvgIpc) is 2.53. The Morgan fingerprint density at radius 2 is 2.05 bits per heavy atom. The highest BCUT2D eigenvalue weighted by molar-refractivity contribution is 5.77. The van der Waals surface area contributed by atoms with Gasteiger partial charge in [-0.25, -0.2) is 0 Å². The molecule has 2 atom stereocenters. The van der Waals surface area contributed by atoms with Crippen LogP contribution in [-0.2, 0) is 11.2 Å². The zero-order valence-corrected chi connectivity index (χ0v) is 13.0. The van der Waals surface area contributed by atoms with Gasteiger partial charge >= 0.3 is 0 Å². The fourth-order valence-corrected chi connectivity index (χ4v) is 2.91. The molecule has 4 heteroatoms. The molecule has 0 saturated carbocycles. The Labute approximate surface area is 127 Å². The van der Waals surface area contributed by atoms with Gasteiger partial charge in [-0.2, -0.15) is 0 Å². The van der Waals surface area contributed by atoms with Crippen LogP contribution >= 0.6 is 0 Å². The first-order valence-electron chi connectivity index (χ1n) is 7.76. The number of methoxy groups -OCH3 is 1. The Morgan fingerprint density at radius 1 is 1.33 bits per heavy atom. The van der Waals surface area contributed by atoms with Gasteiger partial charge < -0.3 is 15.4 Å². The molecule has 0 bridgehead atoms. The van der Waals surface area contributed by atoms with Crippen molar-refractivity contribution >= 4 is 5.91 Å². The summed E-state index contributed by atoms with van der Waals surface area (Å²) in [5, 5.41) is 0. The summed E-state index contributed by atoms with van der Waals surface area (Å²) in [5.74, 6) is 1.56. The van der Waals surface area contributed by atoms with E-state index < -0.39 is 0 Å². The van der Waals surface area contributed by atoms with Crippen LogP contribution in [0.1, 0.15) is 31.7 Å². The summed E-state index contributed by atoms with van der Waals surface area (Å²) in [6.45, 7) is 3.63. The van der Waals surface area contributed by atoms with Gasteiger partial charge in [0.1, 0.15) is 5.75 Å². The minimum atomic E-state index is 0.247. The summed E-state index contributed by atoms with van der Waals surface area (Å²) in [5.41, 5.74) is 6.92. The lowest BCUT2D eigenvalue weighted by molar-refractivity contribution is -0.135. The van der Waals surface area contributed by atoms with Crippen LogP contribution in [0.25, 0.3) is 0 Å². The first-order valence-corrected chi connectivity index (χ1v) is 7.76. The van der Waals surface area contributed by atoms with Crippen molar-refractivity contribution in [3.05, 3.63) is 29.8 Å². The Kier molecular flexibility index (Phi) is 5.62. The van der Waals surface area contributed by atoms with Gasteiger partial charge in [0, 0.05) is 19.0 Å². The molecule has 2 unspecified atom stereocenters. The SMILES string of the molecule is COc1ccc(CCC(=O)N2CC(CN)CCC2C)cc1. The van der Waals surface area contributed by atoms with Crippen LogP contribution in [0.2, 0.25) is 0 Å². The van der Waals surface area contributed by atoms with Crippen molar-refractivity contribution in [3.63, 3.8) is 0 Å². The lowest BCUT2D eigenvalue weighted by atomic mass is 9.93. The van der Waals surface area contributed by atoms with Crippen LogP contribution < -0.4 is 10.5 Å². The maximum atomic E-state index is 12.4. The van der Waals surface area contributed by atoms with Crippen molar-refractivity contribution in [1.82, 2.24) is 4.90 Å². The molecule has 0 spiro atoms. The number of nitrogens with zero attached hydrogens (tertiary/aromatic N) is 1. The third-order valence-electron chi connectivity index (χ3n) is 4.42. The number of rotatable bonds is 5. The third kappa shape index (κ3) is 4.21. The first-order chi connectivity index (χ1) is 10.1. The molecular weight excluding hydrogens is 264 g/mol. The van der Waals surface area contributed by atoms with Gasteiger partial charge in [-0.3, -0.25) is 4.79 Å². The van der Waals surface area contributed by atoms with Gasteiger partial charge in [-0.1, -0.05) is 12.1 Å². The highest BCUT2D eigenvalue weighted by atomic mass is 16.5. The first kappa shape index (κ1) is 15.8. The van der Waals surface area contributed by atoms with Crippen molar-refractivity contribution in [3.8, 4) is 5.75 Å². The normalized spacial score (nSPS) is 22.1. The molecule has 116 valence electrons. The Morgan fingerprint density at radius 3 is 2.67 bits per heavy atom. The number of piperidine rings is 1. The molecule has 2 N–H and O–H groups in total. The highest BCUT2D eigenvalue weighted by Crippen LogP contribution is 2.22. The molecule has 0 aromatic heterocycles. The molecule has 4 nitrogen and oxygen atoms in total. The van der Waals surface area contributed by atoms with Crippen LogP contribution in [0.15, 0.2) is 24.3 Å². The predicted molar refractivity (Wildman–Crippen MR) is 84.3 cm³/mol. The molecule has 1 aliphatic heterocycles. The van der Waals surface area contributed by atoms with E-state index in [1.807, 2.05) is 29.2 Å². The summed E-state index contributed by atoms with van der Waals surface area (Å²) in [6, 6.07) is 8.26. The molecule has 1 amide bonds. The van der Waals surface area contributed by atoms with E-state index >= 15 is 0 Å². The van der Waals surface area contributed by atoms with Crippen molar-refractivity contribution < 1.29 is 9.53 Å². The van der Waals surface area contributed by atoms with E-state index in [-0.39, 0.29) is 5.91 Å². The van der Waals surface area contributed by atoms with E-state index in [0.717, 1.165) is 31.6 Å². The Hall–Kier alpha value is -1.55. The van der Waals surface area contributed by atoms with Crippen molar-refractivity contribution in [2.75, 3.05) is 20.2 Å². The molecule has 1 aromatic rings. The topological polar surface area (TPSA) is 55.6 Å². The van der Waals surface area contributed by atoms with Crippen LogP contribution in [0, 0.1) is 5.92 Å². The summed E-state index contributed by atoms with van der Waals surface area (Å²) in [6.07, 6.45) is 3.55. The van der Waals surface area contributed by atoms with Gasteiger partial charge in [-0.15, -0.1) is 0 Å². The number of hydrogen-bond donors (Lipinski definition) is 1. The van der Waals surface area contributed by atoms with Crippen LogP contribution in [0.3, 0.4) is 0 Å². The Balaban J connectivity index is 1.87. The molecule has 1 aromatic carbocycles. The van der Waals surface area contributed by atoms with E-state index in [9.17, 15) is 4.79 Å². The summed E-state index contributed by atoms with van der Waals surface area (Å²) in [4.78, 5) is 14.4. The predicted octanol–water partition coefficient (Wildman–Crippen LogP) is 2.21. The van der Waals surface area contributed by atoms with E-state index in [2.05, 4.69) is 6.92 Å². The number of carbonyl (C=O) groups excluding carboxylic acids is 1. The second-order valence-corrected chi connectivity index (χ2v) is 5.92. The highest BCUT2D eigenvalue weighted by Gasteiger charge is 2.27. The summed E-state index contributed by atoms with van der Waals surface area (Å²) < 4.78 is 5.14. The van der Waals surface area contributed by atoms with Crippen molar-refractivity contribution in [2.45, 2.75) is 38.6 Å². The zero-order valence-electron chi connectivity index (χ0n) is 13.0. The van der Waals surface area contributed by atoms with Gasteiger partial charge in [-0.05, 0) is 56.3 Å². The zero-order chi connectivity index (χ0) is 15.2. The summed E-state index contributed by atoms with van der Waals surface area (Å²) >= 11 is 0. The van der Waals surface area contributed by atoms with Crippen LogP contribution in [0.4, 0.5) is 0 Å².